The molecule has 0 spiro atoms. The first-order valence-corrected chi connectivity index (χ1v) is 18.0. The molecule has 0 saturated carbocycles. The summed E-state index contributed by atoms with van der Waals surface area (Å²) in [6, 6.07) is 64.5. The first kappa shape index (κ1) is 29.5. The van der Waals surface area contributed by atoms with Crippen molar-refractivity contribution in [2.24, 2.45) is 0 Å². The molecular formula is C49H30N4. The predicted octanol–water partition coefficient (Wildman–Crippen LogP) is 12.6. The second kappa shape index (κ2) is 11.7. The molecule has 0 atom stereocenters. The molecule has 0 N–H and O–H groups in total. The topological polar surface area (TPSA) is 43.6 Å². The molecule has 2 aromatic heterocycles. The predicted molar refractivity (Wildman–Crippen MR) is 220 cm³/mol. The quantitative estimate of drug-likeness (QED) is 0.175. The van der Waals surface area contributed by atoms with Crippen LogP contribution in [-0.4, -0.2) is 19.5 Å². The molecule has 0 aliphatic heterocycles. The Labute approximate surface area is 305 Å². The van der Waals surface area contributed by atoms with E-state index in [4.69, 9.17) is 15.0 Å². The highest BCUT2D eigenvalue weighted by atomic mass is 15.0. The van der Waals surface area contributed by atoms with Gasteiger partial charge in [0, 0.05) is 38.5 Å². The molecule has 0 unspecified atom stereocenters. The Morgan fingerprint density at radius 2 is 0.887 bits per heavy atom. The number of hydrogen-bond donors (Lipinski definition) is 0. The van der Waals surface area contributed by atoms with Crippen molar-refractivity contribution >= 4 is 64.9 Å². The van der Waals surface area contributed by atoms with E-state index in [0.717, 1.165) is 33.2 Å². The number of benzene rings is 9. The van der Waals surface area contributed by atoms with Crippen LogP contribution in [0.25, 0.3) is 105 Å². The van der Waals surface area contributed by atoms with Crippen LogP contribution >= 0.6 is 0 Å². The van der Waals surface area contributed by atoms with E-state index >= 15 is 0 Å². The Hall–Kier alpha value is -7.17. The van der Waals surface area contributed by atoms with Crippen molar-refractivity contribution in [2.75, 3.05) is 0 Å². The van der Waals surface area contributed by atoms with Crippen molar-refractivity contribution in [3.8, 4) is 39.9 Å². The zero-order valence-corrected chi connectivity index (χ0v) is 28.6. The van der Waals surface area contributed by atoms with E-state index in [1.807, 2.05) is 18.2 Å². The summed E-state index contributed by atoms with van der Waals surface area (Å²) >= 11 is 0. The third-order valence-corrected chi connectivity index (χ3v) is 10.6. The van der Waals surface area contributed by atoms with E-state index in [9.17, 15) is 0 Å². The van der Waals surface area contributed by atoms with Gasteiger partial charge in [-0.2, -0.15) is 0 Å². The molecule has 11 aromatic rings. The minimum Gasteiger partial charge on any atom is -0.309 e. The van der Waals surface area contributed by atoms with Gasteiger partial charge in [0.25, 0.3) is 0 Å². The largest absolute Gasteiger partial charge is 0.309 e. The lowest BCUT2D eigenvalue weighted by atomic mass is 9.93. The third-order valence-electron chi connectivity index (χ3n) is 10.6. The number of rotatable bonds is 4. The fraction of sp³-hybridized carbons (Fsp3) is 0. The van der Waals surface area contributed by atoms with Crippen molar-refractivity contribution in [1.29, 1.82) is 0 Å². The number of aromatic nitrogens is 4. The summed E-state index contributed by atoms with van der Waals surface area (Å²) in [4.78, 5) is 15.5. The molecular weight excluding hydrogens is 645 g/mol. The highest BCUT2D eigenvalue weighted by Gasteiger charge is 2.18. The summed E-state index contributed by atoms with van der Waals surface area (Å²) < 4.78 is 2.38. The Bertz CT molecular complexity index is 3220. The first-order chi connectivity index (χ1) is 26.3. The summed E-state index contributed by atoms with van der Waals surface area (Å²) in [6.45, 7) is 0. The Balaban J connectivity index is 1.12. The second-order valence-corrected chi connectivity index (χ2v) is 13.6. The van der Waals surface area contributed by atoms with Gasteiger partial charge in [-0.15, -0.1) is 0 Å². The van der Waals surface area contributed by atoms with Crippen LogP contribution in [0.5, 0.6) is 0 Å². The molecule has 0 bridgehead atoms. The van der Waals surface area contributed by atoms with Crippen molar-refractivity contribution < 1.29 is 0 Å². The van der Waals surface area contributed by atoms with E-state index in [0.29, 0.717) is 17.5 Å². The van der Waals surface area contributed by atoms with Crippen LogP contribution in [0.1, 0.15) is 0 Å². The Kier molecular flexibility index (Phi) is 6.52. The average molecular weight is 675 g/mol. The fourth-order valence-corrected chi connectivity index (χ4v) is 8.16. The summed E-state index contributed by atoms with van der Waals surface area (Å²) in [5, 5.41) is 12.1. The van der Waals surface area contributed by atoms with Crippen LogP contribution in [0.2, 0.25) is 0 Å². The summed E-state index contributed by atoms with van der Waals surface area (Å²) in [5.41, 5.74) is 6.33. The molecule has 0 saturated heterocycles. The maximum Gasteiger partial charge on any atom is 0.164 e. The van der Waals surface area contributed by atoms with Gasteiger partial charge < -0.3 is 4.57 Å². The molecule has 0 amide bonds. The van der Waals surface area contributed by atoms with Gasteiger partial charge in [-0.1, -0.05) is 146 Å². The highest BCUT2D eigenvalue weighted by Crippen LogP contribution is 2.39. The van der Waals surface area contributed by atoms with Gasteiger partial charge in [0.1, 0.15) is 0 Å². The van der Waals surface area contributed by atoms with Gasteiger partial charge in [0.15, 0.2) is 17.5 Å². The van der Waals surface area contributed by atoms with Gasteiger partial charge in [-0.3, -0.25) is 0 Å². The SMILES string of the molecule is c1ccc(-c2nc(-c3ccc(-n4c5ccccc5c5ccc6ccccc6c54)cc3)nc(-c3cc4ccc5ccccc5c4c4ccccc34)n2)cc1. The van der Waals surface area contributed by atoms with E-state index in [1.54, 1.807) is 0 Å². The maximum atomic E-state index is 5.22. The lowest BCUT2D eigenvalue weighted by Gasteiger charge is -2.14. The van der Waals surface area contributed by atoms with Crippen LogP contribution in [0.15, 0.2) is 182 Å². The molecule has 0 fully saturated rings. The first-order valence-electron chi connectivity index (χ1n) is 18.0. The maximum absolute atomic E-state index is 5.22. The van der Waals surface area contributed by atoms with Gasteiger partial charge in [0.2, 0.25) is 0 Å². The molecule has 9 aromatic carbocycles. The van der Waals surface area contributed by atoms with E-state index in [-0.39, 0.29) is 0 Å². The van der Waals surface area contributed by atoms with Gasteiger partial charge in [-0.25, -0.2) is 15.0 Å². The Morgan fingerprint density at radius 1 is 0.340 bits per heavy atom. The fourth-order valence-electron chi connectivity index (χ4n) is 8.16. The zero-order chi connectivity index (χ0) is 34.9. The monoisotopic (exact) mass is 674 g/mol. The van der Waals surface area contributed by atoms with Crippen molar-refractivity contribution in [2.45, 2.75) is 0 Å². The summed E-state index contributed by atoms with van der Waals surface area (Å²) in [6.07, 6.45) is 0. The van der Waals surface area contributed by atoms with Crippen LogP contribution in [0, 0.1) is 0 Å². The van der Waals surface area contributed by atoms with E-state index in [2.05, 4.69) is 168 Å². The zero-order valence-electron chi connectivity index (χ0n) is 28.6. The van der Waals surface area contributed by atoms with Crippen LogP contribution < -0.4 is 0 Å². The molecule has 0 aliphatic carbocycles. The normalized spacial score (nSPS) is 11.8. The molecule has 246 valence electrons. The van der Waals surface area contributed by atoms with E-state index in [1.165, 1.54) is 54.1 Å². The van der Waals surface area contributed by atoms with Gasteiger partial charge in [-0.05, 0) is 74.1 Å². The Morgan fingerprint density at radius 3 is 1.66 bits per heavy atom. The number of fused-ring (bicyclic) bond motifs is 10. The van der Waals surface area contributed by atoms with E-state index < -0.39 is 0 Å². The lowest BCUT2D eigenvalue weighted by molar-refractivity contribution is 1.08. The molecule has 4 nitrogen and oxygen atoms in total. The number of nitrogens with zero attached hydrogens (tertiary/aromatic N) is 4. The molecule has 0 aliphatic rings. The summed E-state index contributed by atoms with van der Waals surface area (Å²) in [5.74, 6) is 1.93. The second-order valence-electron chi connectivity index (χ2n) is 13.6. The number of para-hydroxylation sites is 1. The van der Waals surface area contributed by atoms with Crippen LogP contribution in [-0.2, 0) is 0 Å². The van der Waals surface area contributed by atoms with Gasteiger partial charge >= 0.3 is 0 Å². The lowest BCUT2D eigenvalue weighted by Crippen LogP contribution is -2.01. The van der Waals surface area contributed by atoms with Crippen LogP contribution in [0.3, 0.4) is 0 Å². The van der Waals surface area contributed by atoms with Crippen molar-refractivity contribution in [3.63, 3.8) is 0 Å². The molecule has 2 heterocycles. The summed E-state index contributed by atoms with van der Waals surface area (Å²) in [7, 11) is 0. The molecule has 0 radical (unpaired) electrons. The molecule has 53 heavy (non-hydrogen) atoms. The minimum absolute atomic E-state index is 0.635. The molecule has 4 heteroatoms. The number of hydrogen-bond acceptors (Lipinski definition) is 3. The minimum atomic E-state index is 0.635. The molecule has 11 rings (SSSR count). The highest BCUT2D eigenvalue weighted by molar-refractivity contribution is 6.23. The van der Waals surface area contributed by atoms with Crippen LogP contribution in [0.4, 0.5) is 0 Å². The van der Waals surface area contributed by atoms with Gasteiger partial charge in [0.05, 0.1) is 11.0 Å². The smallest absolute Gasteiger partial charge is 0.164 e. The van der Waals surface area contributed by atoms with Crippen molar-refractivity contribution in [1.82, 2.24) is 19.5 Å². The average Bonchev–Trinajstić information content (AvgIpc) is 3.58. The third kappa shape index (κ3) is 4.66. The standard InChI is InChI=1S/C49H30N4/c1-2-14-33(15-3-1)47-50-48(52-49(51-47)43-30-35-23-22-31-12-4-6-16-37(31)45(35)41-20-9-8-18-39(41)43)34-24-27-36(28-25-34)53-44-21-11-10-19-40(44)42-29-26-32-13-5-7-17-38(32)46(42)53/h1-30H. The van der Waals surface area contributed by atoms with Crippen molar-refractivity contribution in [3.05, 3.63) is 182 Å².